The molecule has 146 valence electrons. The van der Waals surface area contributed by atoms with E-state index in [0.29, 0.717) is 17.1 Å². The quantitative estimate of drug-likeness (QED) is 0.609. The van der Waals surface area contributed by atoms with Crippen LogP contribution in [0.15, 0.2) is 42.5 Å². The summed E-state index contributed by atoms with van der Waals surface area (Å²) in [6.07, 6.45) is 0. The Bertz CT molecular complexity index is 944. The molecule has 0 spiro atoms. The lowest BCUT2D eigenvalue weighted by atomic mass is 9.92. The van der Waals surface area contributed by atoms with Crippen LogP contribution in [0.1, 0.15) is 22.8 Å². The summed E-state index contributed by atoms with van der Waals surface area (Å²) < 4.78 is 23.5. The van der Waals surface area contributed by atoms with Gasteiger partial charge in [0.25, 0.3) is 5.91 Å². The van der Waals surface area contributed by atoms with Gasteiger partial charge in [0.05, 0.1) is 26.3 Å². The van der Waals surface area contributed by atoms with Gasteiger partial charge in [0.1, 0.15) is 22.9 Å². The van der Waals surface area contributed by atoms with E-state index in [9.17, 15) is 18.8 Å². The molecule has 0 aromatic heterocycles. The third kappa shape index (κ3) is 3.28. The van der Waals surface area contributed by atoms with E-state index in [2.05, 4.69) is 5.32 Å². The first-order valence-electron chi connectivity index (χ1n) is 8.45. The van der Waals surface area contributed by atoms with Crippen LogP contribution in [0.4, 0.5) is 9.18 Å². The molecular formula is C20H19FN2O5. The molecule has 1 aliphatic rings. The summed E-state index contributed by atoms with van der Waals surface area (Å²) in [7, 11) is 2.87. The fourth-order valence-corrected chi connectivity index (χ4v) is 3.08. The SMILES string of the molecule is COc1ccc(OC)c(C(=O)CN2C(=O)NC(C)(c3ccc(F)cc3)C2=O)c1. The number of hydrogen-bond acceptors (Lipinski definition) is 5. The molecule has 1 atom stereocenters. The van der Waals surface area contributed by atoms with Gasteiger partial charge in [-0.3, -0.25) is 14.5 Å². The zero-order valence-electron chi connectivity index (χ0n) is 15.6. The molecule has 8 heteroatoms. The summed E-state index contributed by atoms with van der Waals surface area (Å²) in [6.45, 7) is 1.04. The van der Waals surface area contributed by atoms with Gasteiger partial charge >= 0.3 is 6.03 Å². The number of ether oxygens (including phenoxy) is 2. The number of ketones is 1. The van der Waals surface area contributed by atoms with E-state index in [1.807, 2.05) is 0 Å². The number of hydrogen-bond donors (Lipinski definition) is 1. The summed E-state index contributed by atoms with van der Waals surface area (Å²) in [5.41, 5.74) is -0.775. The number of Topliss-reactive ketones (excluding diaryl/α,β-unsaturated/α-hetero) is 1. The van der Waals surface area contributed by atoms with Crippen molar-refractivity contribution in [3.05, 3.63) is 59.4 Å². The van der Waals surface area contributed by atoms with Gasteiger partial charge in [-0.05, 0) is 42.8 Å². The molecule has 1 unspecified atom stereocenters. The van der Waals surface area contributed by atoms with Gasteiger partial charge in [-0.15, -0.1) is 0 Å². The van der Waals surface area contributed by atoms with E-state index in [1.54, 1.807) is 12.1 Å². The van der Waals surface area contributed by atoms with Gasteiger partial charge in [0.15, 0.2) is 5.78 Å². The predicted molar refractivity (Wildman–Crippen MR) is 97.9 cm³/mol. The molecule has 0 bridgehead atoms. The minimum atomic E-state index is -1.39. The predicted octanol–water partition coefficient (Wildman–Crippen LogP) is 2.49. The van der Waals surface area contributed by atoms with Crippen LogP contribution in [0, 0.1) is 5.82 Å². The highest BCUT2D eigenvalue weighted by Crippen LogP contribution is 2.30. The number of rotatable bonds is 6. The Morgan fingerprint density at radius 2 is 1.79 bits per heavy atom. The van der Waals surface area contributed by atoms with E-state index < -0.39 is 35.6 Å². The zero-order valence-corrected chi connectivity index (χ0v) is 15.6. The van der Waals surface area contributed by atoms with E-state index in [1.165, 1.54) is 51.5 Å². The molecule has 0 saturated carbocycles. The monoisotopic (exact) mass is 386 g/mol. The molecule has 2 aromatic carbocycles. The molecule has 0 radical (unpaired) electrons. The molecule has 0 aliphatic carbocycles. The molecule has 1 heterocycles. The lowest BCUT2D eigenvalue weighted by Crippen LogP contribution is -2.41. The van der Waals surface area contributed by atoms with Gasteiger partial charge in [0, 0.05) is 0 Å². The Morgan fingerprint density at radius 3 is 2.39 bits per heavy atom. The first-order valence-corrected chi connectivity index (χ1v) is 8.45. The molecule has 3 rings (SSSR count). The number of methoxy groups -OCH3 is 2. The number of imide groups is 1. The normalized spacial score (nSPS) is 18.8. The van der Waals surface area contributed by atoms with E-state index in [-0.39, 0.29) is 5.56 Å². The van der Waals surface area contributed by atoms with Crippen molar-refractivity contribution < 1.29 is 28.2 Å². The average Bonchev–Trinajstić information content (AvgIpc) is 2.91. The third-order valence-electron chi connectivity index (χ3n) is 4.71. The van der Waals surface area contributed by atoms with Crippen molar-refractivity contribution in [2.75, 3.05) is 20.8 Å². The van der Waals surface area contributed by atoms with Crippen molar-refractivity contribution >= 4 is 17.7 Å². The highest BCUT2D eigenvalue weighted by molar-refractivity contribution is 6.11. The number of carbonyl (C=O) groups excluding carboxylic acids is 3. The largest absolute Gasteiger partial charge is 0.497 e. The number of urea groups is 1. The first-order chi connectivity index (χ1) is 13.3. The molecular weight excluding hydrogens is 367 g/mol. The van der Waals surface area contributed by atoms with Gasteiger partial charge in [0.2, 0.25) is 0 Å². The fourth-order valence-electron chi connectivity index (χ4n) is 3.08. The van der Waals surface area contributed by atoms with Gasteiger partial charge < -0.3 is 14.8 Å². The van der Waals surface area contributed by atoms with Gasteiger partial charge in [-0.2, -0.15) is 0 Å². The summed E-state index contributed by atoms with van der Waals surface area (Å²) in [5, 5.41) is 2.58. The van der Waals surface area contributed by atoms with Crippen molar-refractivity contribution in [2.45, 2.75) is 12.5 Å². The number of halogens is 1. The zero-order chi connectivity index (χ0) is 20.5. The van der Waals surface area contributed by atoms with Gasteiger partial charge in [-0.1, -0.05) is 12.1 Å². The van der Waals surface area contributed by atoms with Crippen molar-refractivity contribution in [1.29, 1.82) is 0 Å². The van der Waals surface area contributed by atoms with Crippen molar-refractivity contribution in [3.63, 3.8) is 0 Å². The molecule has 3 amide bonds. The lowest BCUT2D eigenvalue weighted by molar-refractivity contribution is -0.130. The maximum absolute atomic E-state index is 13.2. The van der Waals surface area contributed by atoms with Crippen LogP contribution in [-0.2, 0) is 10.3 Å². The maximum atomic E-state index is 13.2. The highest BCUT2D eigenvalue weighted by atomic mass is 19.1. The van der Waals surface area contributed by atoms with E-state index in [0.717, 1.165) is 4.90 Å². The Balaban J connectivity index is 1.87. The second-order valence-corrected chi connectivity index (χ2v) is 6.44. The smallest absolute Gasteiger partial charge is 0.325 e. The summed E-state index contributed by atoms with van der Waals surface area (Å²) in [5.74, 6) is -0.792. The molecule has 1 N–H and O–H groups in total. The standard InChI is InChI=1S/C20H19FN2O5/c1-20(12-4-6-13(21)7-5-12)18(25)23(19(26)22-20)11-16(24)15-10-14(27-2)8-9-17(15)28-3/h4-10H,11H2,1-3H3,(H,22,26). The molecule has 28 heavy (non-hydrogen) atoms. The first kappa shape index (κ1) is 19.3. The second-order valence-electron chi connectivity index (χ2n) is 6.44. The summed E-state index contributed by atoms with van der Waals surface area (Å²) in [6, 6.07) is 9.23. The van der Waals surface area contributed by atoms with Crippen LogP contribution in [0.25, 0.3) is 0 Å². The maximum Gasteiger partial charge on any atom is 0.325 e. The van der Waals surface area contributed by atoms with Gasteiger partial charge in [-0.25, -0.2) is 9.18 Å². The molecule has 1 aliphatic heterocycles. The second kappa shape index (κ2) is 7.30. The summed E-state index contributed by atoms with van der Waals surface area (Å²) >= 11 is 0. The number of nitrogens with zero attached hydrogens (tertiary/aromatic N) is 1. The fraction of sp³-hybridized carbons (Fsp3) is 0.250. The Labute approximate surface area is 161 Å². The van der Waals surface area contributed by atoms with Crippen LogP contribution < -0.4 is 14.8 Å². The average molecular weight is 386 g/mol. The highest BCUT2D eigenvalue weighted by Gasteiger charge is 2.49. The lowest BCUT2D eigenvalue weighted by Gasteiger charge is -2.22. The number of nitrogens with one attached hydrogen (secondary N) is 1. The summed E-state index contributed by atoms with van der Waals surface area (Å²) in [4.78, 5) is 38.9. The Hall–Kier alpha value is -3.42. The van der Waals surface area contributed by atoms with E-state index >= 15 is 0 Å². The number of amides is 3. The molecule has 1 fully saturated rings. The number of carbonyl (C=O) groups is 3. The minimum Gasteiger partial charge on any atom is -0.497 e. The minimum absolute atomic E-state index is 0.192. The molecule has 7 nitrogen and oxygen atoms in total. The van der Waals surface area contributed by atoms with Crippen LogP contribution in [0.5, 0.6) is 11.5 Å². The van der Waals surface area contributed by atoms with Crippen LogP contribution in [0.2, 0.25) is 0 Å². The number of benzene rings is 2. The Morgan fingerprint density at radius 1 is 1.11 bits per heavy atom. The van der Waals surface area contributed by atoms with Crippen LogP contribution >= 0.6 is 0 Å². The third-order valence-corrected chi connectivity index (χ3v) is 4.71. The molecule has 2 aromatic rings. The van der Waals surface area contributed by atoms with Crippen LogP contribution in [-0.4, -0.2) is 43.4 Å². The van der Waals surface area contributed by atoms with Crippen LogP contribution in [0.3, 0.4) is 0 Å². The Kier molecular flexibility index (Phi) is 5.04. The molecule has 1 saturated heterocycles. The van der Waals surface area contributed by atoms with E-state index in [4.69, 9.17) is 9.47 Å². The topological polar surface area (TPSA) is 84.9 Å². The van der Waals surface area contributed by atoms with Crippen molar-refractivity contribution in [2.24, 2.45) is 0 Å². The van der Waals surface area contributed by atoms with Crippen molar-refractivity contribution in [1.82, 2.24) is 10.2 Å². The van der Waals surface area contributed by atoms with Crippen molar-refractivity contribution in [3.8, 4) is 11.5 Å².